The average Bonchev–Trinajstić information content (AvgIpc) is 3.57. The zero-order valence-corrected chi connectivity index (χ0v) is 19.9. The summed E-state index contributed by atoms with van der Waals surface area (Å²) < 4.78 is 20.0. The highest BCUT2D eigenvalue weighted by Gasteiger charge is 2.43. The van der Waals surface area contributed by atoms with Crippen LogP contribution in [0.25, 0.3) is 21.6 Å². The van der Waals surface area contributed by atoms with Gasteiger partial charge >= 0.3 is 0 Å². The number of ether oxygens (including phenoxy) is 1. The van der Waals surface area contributed by atoms with Crippen molar-refractivity contribution in [2.75, 3.05) is 5.32 Å². The smallest absolute Gasteiger partial charge is 0.285 e. The van der Waals surface area contributed by atoms with Crippen LogP contribution in [0.4, 0.5) is 10.1 Å². The number of nitrogens with zero attached hydrogens (tertiary/aromatic N) is 2. The molecule has 0 aliphatic carbocycles. The number of carbonyl (C=O) groups excluding carboxylic acids is 2. The molecule has 9 heteroatoms. The van der Waals surface area contributed by atoms with Gasteiger partial charge in [0.2, 0.25) is 0 Å². The Bertz CT molecular complexity index is 1490. The van der Waals surface area contributed by atoms with Gasteiger partial charge < -0.3 is 20.7 Å². The highest BCUT2D eigenvalue weighted by atomic mass is 32.1. The number of amides is 1. The first kappa shape index (κ1) is 22.5. The van der Waals surface area contributed by atoms with Crippen LogP contribution < -0.4 is 15.8 Å². The van der Waals surface area contributed by atoms with Crippen LogP contribution in [0, 0.1) is 17.1 Å². The minimum Gasteiger partial charge on any atom is -0.430 e. The number of nitrogens with two attached hydrogens (primary N) is 1. The normalized spacial score (nSPS) is 21.9. The summed E-state index contributed by atoms with van der Waals surface area (Å²) in [6.45, 7) is 0. The van der Waals surface area contributed by atoms with Gasteiger partial charge in [-0.15, -0.1) is 11.3 Å². The molecule has 2 atom stereocenters. The van der Waals surface area contributed by atoms with E-state index in [9.17, 15) is 14.0 Å². The third kappa shape index (κ3) is 3.67. The van der Waals surface area contributed by atoms with Crippen LogP contribution in [0.15, 0.2) is 48.3 Å². The SMILES string of the molecule is N#Cc1ccc(-c2cc(C(=O)N3C4CCC3CC(N)C4)sc2-c2ccc3c(c2)NC(=C=O)O3)cc1F. The molecule has 4 heterocycles. The van der Waals surface area contributed by atoms with Crippen molar-refractivity contribution in [3.63, 3.8) is 0 Å². The fourth-order valence-corrected chi connectivity index (χ4v) is 6.66. The first-order chi connectivity index (χ1) is 17.4. The summed E-state index contributed by atoms with van der Waals surface area (Å²) in [4.78, 5) is 28.1. The Morgan fingerprint density at radius 1 is 1.14 bits per heavy atom. The molecule has 2 fully saturated rings. The molecule has 3 aliphatic rings. The van der Waals surface area contributed by atoms with Crippen LogP contribution in [0.3, 0.4) is 0 Å². The Morgan fingerprint density at radius 2 is 1.89 bits per heavy atom. The van der Waals surface area contributed by atoms with E-state index in [1.807, 2.05) is 29.2 Å². The second-order valence-corrected chi connectivity index (χ2v) is 10.4. The zero-order valence-electron chi connectivity index (χ0n) is 19.1. The molecule has 2 unspecified atom stereocenters. The summed E-state index contributed by atoms with van der Waals surface area (Å²) in [5.41, 5.74) is 8.81. The largest absolute Gasteiger partial charge is 0.430 e. The average molecular weight is 501 g/mol. The Hall–Kier alpha value is -3.96. The maximum atomic E-state index is 14.6. The van der Waals surface area contributed by atoms with Gasteiger partial charge in [0, 0.05) is 28.6 Å². The van der Waals surface area contributed by atoms with Gasteiger partial charge in [-0.1, -0.05) is 6.07 Å². The third-order valence-electron chi connectivity index (χ3n) is 7.14. The molecule has 0 spiro atoms. The molecule has 1 aromatic heterocycles. The molecule has 2 saturated heterocycles. The molecule has 2 aromatic carbocycles. The fraction of sp³-hybridized carbons (Fsp3) is 0.259. The minimum absolute atomic E-state index is 0.0163. The molecular weight excluding hydrogens is 479 g/mol. The molecule has 6 rings (SSSR count). The summed E-state index contributed by atoms with van der Waals surface area (Å²) >= 11 is 1.35. The molecule has 3 N–H and O–H groups in total. The number of halogens is 1. The number of nitrogens with one attached hydrogen (secondary N) is 1. The lowest BCUT2D eigenvalue weighted by Gasteiger charge is -2.37. The van der Waals surface area contributed by atoms with Crippen LogP contribution in [0.5, 0.6) is 5.75 Å². The summed E-state index contributed by atoms with van der Waals surface area (Å²) in [6.07, 6.45) is 3.52. The van der Waals surface area contributed by atoms with Gasteiger partial charge in [-0.25, -0.2) is 9.18 Å². The molecule has 0 saturated carbocycles. The van der Waals surface area contributed by atoms with E-state index < -0.39 is 5.82 Å². The number of hydrogen-bond acceptors (Lipinski definition) is 7. The Kier molecular flexibility index (Phi) is 5.38. The van der Waals surface area contributed by atoms with E-state index in [0.29, 0.717) is 27.4 Å². The van der Waals surface area contributed by atoms with Gasteiger partial charge in [-0.3, -0.25) is 4.79 Å². The second kappa shape index (κ2) is 8.61. The molecule has 1 amide bonds. The topological polar surface area (TPSA) is 108 Å². The van der Waals surface area contributed by atoms with Crippen molar-refractivity contribution >= 4 is 28.9 Å². The van der Waals surface area contributed by atoms with E-state index in [0.717, 1.165) is 36.1 Å². The predicted octanol–water partition coefficient (Wildman–Crippen LogP) is 4.66. The van der Waals surface area contributed by atoms with E-state index in [2.05, 4.69) is 5.32 Å². The van der Waals surface area contributed by atoms with Crippen molar-refractivity contribution in [3.8, 4) is 33.4 Å². The van der Waals surface area contributed by atoms with E-state index in [4.69, 9.17) is 15.7 Å². The van der Waals surface area contributed by atoms with Gasteiger partial charge in [0.1, 0.15) is 11.9 Å². The van der Waals surface area contributed by atoms with Crippen LogP contribution in [-0.4, -0.2) is 34.9 Å². The Labute approximate surface area is 210 Å². The Morgan fingerprint density at radius 3 is 2.58 bits per heavy atom. The van der Waals surface area contributed by atoms with E-state index in [1.165, 1.54) is 23.5 Å². The van der Waals surface area contributed by atoms with Gasteiger partial charge in [0.05, 0.1) is 16.1 Å². The quantitative estimate of drug-likeness (QED) is 0.506. The first-order valence-electron chi connectivity index (χ1n) is 11.7. The van der Waals surface area contributed by atoms with Crippen molar-refractivity contribution in [2.24, 2.45) is 5.73 Å². The van der Waals surface area contributed by atoms with Crippen molar-refractivity contribution in [2.45, 2.75) is 43.8 Å². The van der Waals surface area contributed by atoms with Gasteiger partial charge in [0.25, 0.3) is 11.8 Å². The number of fused-ring (bicyclic) bond motifs is 3. The number of hydrogen-bond donors (Lipinski definition) is 2. The van der Waals surface area contributed by atoms with Crippen LogP contribution in [-0.2, 0) is 4.79 Å². The van der Waals surface area contributed by atoms with Gasteiger partial charge in [-0.05, 0) is 73.2 Å². The zero-order chi connectivity index (χ0) is 25.0. The van der Waals surface area contributed by atoms with Crippen LogP contribution in [0.2, 0.25) is 0 Å². The third-order valence-corrected chi connectivity index (χ3v) is 8.31. The van der Waals surface area contributed by atoms with E-state index in [1.54, 1.807) is 18.1 Å². The van der Waals surface area contributed by atoms with Crippen molar-refractivity contribution in [1.29, 1.82) is 5.26 Å². The lowest BCUT2D eigenvalue weighted by atomic mass is 9.97. The van der Waals surface area contributed by atoms with Crippen molar-refractivity contribution in [3.05, 3.63) is 64.6 Å². The number of rotatable bonds is 3. The highest BCUT2D eigenvalue weighted by molar-refractivity contribution is 7.18. The van der Waals surface area contributed by atoms with Crippen LogP contribution >= 0.6 is 11.3 Å². The number of nitriles is 1. The number of thiophene rings is 1. The lowest BCUT2D eigenvalue weighted by Crippen LogP contribution is -2.49. The molecule has 180 valence electrons. The number of benzene rings is 2. The lowest BCUT2D eigenvalue weighted by molar-refractivity contribution is 0.0580. The molecule has 2 bridgehead atoms. The Balaban J connectivity index is 1.45. The van der Waals surface area contributed by atoms with Crippen LogP contribution in [0.1, 0.15) is 40.9 Å². The minimum atomic E-state index is -0.618. The second-order valence-electron chi connectivity index (χ2n) is 9.36. The highest BCUT2D eigenvalue weighted by Crippen LogP contribution is 2.45. The summed E-state index contributed by atoms with van der Waals surface area (Å²) in [7, 11) is 0. The number of piperidine rings is 1. The monoisotopic (exact) mass is 500 g/mol. The van der Waals surface area contributed by atoms with Gasteiger partial charge in [-0.2, -0.15) is 5.26 Å². The maximum Gasteiger partial charge on any atom is 0.285 e. The fourth-order valence-electron chi connectivity index (χ4n) is 5.54. The van der Waals surface area contributed by atoms with Gasteiger partial charge in [0.15, 0.2) is 11.7 Å². The predicted molar refractivity (Wildman–Crippen MR) is 134 cm³/mol. The van der Waals surface area contributed by atoms with E-state index >= 15 is 0 Å². The van der Waals surface area contributed by atoms with Crippen molar-refractivity contribution < 1.29 is 18.7 Å². The molecule has 0 radical (unpaired) electrons. The summed E-state index contributed by atoms with van der Waals surface area (Å²) in [5.74, 6) is 1.54. The first-order valence-corrected chi connectivity index (χ1v) is 12.5. The molecule has 3 aliphatic heterocycles. The summed E-state index contributed by atoms with van der Waals surface area (Å²) in [6, 6.07) is 13.9. The standard InChI is InChI=1S/C27H21FN4O3S/c28-21-7-14(1-2-16(21)12-29)20-11-24(27(34)32-18-4-5-19(32)10-17(30)9-18)36-26(20)15-3-6-23-22(8-15)31-25(13-33)35-23/h1-3,6-8,11,17-19,31H,4-5,9-10,30H2. The summed E-state index contributed by atoms with van der Waals surface area (Å²) in [5, 5.41) is 12.0. The molecule has 3 aromatic rings. The maximum absolute atomic E-state index is 14.6. The number of anilines is 1. The molecular formula is C27H21FN4O3S. The van der Waals surface area contributed by atoms with Crippen molar-refractivity contribution in [1.82, 2.24) is 4.90 Å². The molecule has 36 heavy (non-hydrogen) atoms. The number of carbonyl (C=O) groups is 1. The van der Waals surface area contributed by atoms with E-state index in [-0.39, 0.29) is 35.5 Å². The molecule has 7 nitrogen and oxygen atoms in total.